The summed E-state index contributed by atoms with van der Waals surface area (Å²) in [6.45, 7) is 9.00. The maximum absolute atomic E-state index is 6.66. The van der Waals surface area contributed by atoms with Gasteiger partial charge in [0.25, 0.3) is 0 Å². The largest absolute Gasteiger partial charge is 0.490 e. The van der Waals surface area contributed by atoms with Gasteiger partial charge in [-0.25, -0.2) is 0 Å². The highest BCUT2D eigenvalue weighted by Crippen LogP contribution is 2.67. The summed E-state index contributed by atoms with van der Waals surface area (Å²) in [6.07, 6.45) is 18.3. The number of rotatable bonds is 6. The molecule has 2 nitrogen and oxygen atoms in total. The Labute approximate surface area is 212 Å². The van der Waals surface area contributed by atoms with Crippen LogP contribution in [0.25, 0.3) is 0 Å². The van der Waals surface area contributed by atoms with Gasteiger partial charge >= 0.3 is 0 Å². The van der Waals surface area contributed by atoms with Crippen LogP contribution in [0.4, 0.5) is 0 Å². The van der Waals surface area contributed by atoms with Crippen molar-refractivity contribution in [3.8, 4) is 5.75 Å². The van der Waals surface area contributed by atoms with Gasteiger partial charge in [-0.15, -0.1) is 0 Å². The Morgan fingerprint density at radius 1 is 0.771 bits per heavy atom. The fourth-order valence-electron chi connectivity index (χ4n) is 11.9. The van der Waals surface area contributed by atoms with Crippen LogP contribution in [0, 0.1) is 42.4 Å². The standard InChI is InChI=1S/C33H46O2/c1-19(2)29-28(35-18-27-17-34-27)4-20(3)30(32-11-21-5-22(12-32)7-23(6-21)13-32)31(29)33-14-24-8-25(15-33)10-26(9-24)16-33/h4,19,21-27H,5-18H2,1-3H3. The minimum absolute atomic E-state index is 0.321. The van der Waals surface area contributed by atoms with E-state index in [-0.39, 0.29) is 0 Å². The number of hydrogen-bond acceptors (Lipinski definition) is 2. The smallest absolute Gasteiger partial charge is 0.123 e. The van der Waals surface area contributed by atoms with Crippen molar-refractivity contribution in [1.29, 1.82) is 0 Å². The van der Waals surface area contributed by atoms with Crippen LogP contribution in [0.5, 0.6) is 5.75 Å². The van der Waals surface area contributed by atoms with Crippen LogP contribution < -0.4 is 4.74 Å². The fourth-order valence-corrected chi connectivity index (χ4v) is 11.9. The van der Waals surface area contributed by atoms with Crippen LogP contribution in [-0.2, 0) is 15.6 Å². The van der Waals surface area contributed by atoms with Crippen molar-refractivity contribution >= 4 is 0 Å². The van der Waals surface area contributed by atoms with Gasteiger partial charge in [-0.3, -0.25) is 0 Å². The van der Waals surface area contributed by atoms with E-state index in [1.807, 2.05) is 11.1 Å². The van der Waals surface area contributed by atoms with Gasteiger partial charge < -0.3 is 9.47 Å². The molecule has 8 bridgehead atoms. The summed E-state index contributed by atoms with van der Waals surface area (Å²) in [7, 11) is 0. The molecule has 0 aromatic heterocycles. The summed E-state index contributed by atoms with van der Waals surface area (Å²) < 4.78 is 12.2. The second-order valence-corrected chi connectivity index (χ2v) is 15.2. The average molecular weight is 475 g/mol. The van der Waals surface area contributed by atoms with Crippen LogP contribution in [0.3, 0.4) is 0 Å². The molecule has 0 spiro atoms. The molecule has 2 heteroatoms. The molecule has 9 aliphatic rings. The molecule has 10 rings (SSSR count). The molecular weight excluding hydrogens is 428 g/mol. The summed E-state index contributed by atoms with van der Waals surface area (Å²) >= 11 is 0. The van der Waals surface area contributed by atoms with Gasteiger partial charge in [0.15, 0.2) is 0 Å². The Balaban J connectivity index is 1.34. The van der Waals surface area contributed by atoms with Crippen molar-refractivity contribution in [2.45, 2.75) is 121 Å². The monoisotopic (exact) mass is 474 g/mol. The van der Waals surface area contributed by atoms with Crippen molar-refractivity contribution in [3.63, 3.8) is 0 Å². The van der Waals surface area contributed by atoms with Gasteiger partial charge in [0, 0.05) is 5.56 Å². The molecule has 0 N–H and O–H groups in total. The topological polar surface area (TPSA) is 21.8 Å². The van der Waals surface area contributed by atoms with E-state index < -0.39 is 0 Å². The predicted octanol–water partition coefficient (Wildman–Crippen LogP) is 7.83. The Kier molecular flexibility index (Phi) is 4.73. The first kappa shape index (κ1) is 22.0. The highest BCUT2D eigenvalue weighted by Gasteiger charge is 2.58. The maximum Gasteiger partial charge on any atom is 0.123 e. The Morgan fingerprint density at radius 2 is 1.20 bits per heavy atom. The number of epoxide rings is 1. The SMILES string of the molecule is Cc1cc(OCC2CO2)c(C(C)C)c(C23CC4CC(CC(C4)C2)C3)c1C12CC3CC(CC(C3)C1)C2. The van der Waals surface area contributed by atoms with Crippen LogP contribution in [0.15, 0.2) is 6.07 Å². The van der Waals surface area contributed by atoms with E-state index in [0.717, 1.165) is 48.7 Å². The lowest BCUT2D eigenvalue weighted by molar-refractivity contribution is -0.0182. The lowest BCUT2D eigenvalue weighted by Gasteiger charge is -2.61. The molecule has 1 saturated heterocycles. The summed E-state index contributed by atoms with van der Waals surface area (Å²) in [6, 6.07) is 2.50. The summed E-state index contributed by atoms with van der Waals surface area (Å²) in [5.74, 6) is 7.66. The van der Waals surface area contributed by atoms with Crippen molar-refractivity contribution in [3.05, 3.63) is 28.3 Å². The first-order chi connectivity index (χ1) is 16.9. The van der Waals surface area contributed by atoms with Gasteiger partial charge in [0.2, 0.25) is 0 Å². The van der Waals surface area contributed by atoms with Crippen molar-refractivity contribution in [1.82, 2.24) is 0 Å². The van der Waals surface area contributed by atoms with Gasteiger partial charge in [-0.1, -0.05) is 13.8 Å². The molecule has 0 radical (unpaired) electrons. The van der Waals surface area contributed by atoms with Crippen molar-refractivity contribution in [2.75, 3.05) is 13.2 Å². The van der Waals surface area contributed by atoms with E-state index in [1.54, 1.807) is 11.1 Å². The maximum atomic E-state index is 6.66. The van der Waals surface area contributed by atoms with E-state index >= 15 is 0 Å². The van der Waals surface area contributed by atoms with Gasteiger partial charge in [0.1, 0.15) is 18.5 Å². The highest BCUT2D eigenvalue weighted by molar-refractivity contribution is 5.58. The zero-order chi connectivity index (χ0) is 23.5. The Hall–Kier alpha value is -1.02. The molecule has 1 aliphatic heterocycles. The van der Waals surface area contributed by atoms with E-state index in [2.05, 4.69) is 26.8 Å². The molecule has 9 fully saturated rings. The van der Waals surface area contributed by atoms with Crippen LogP contribution in [0.1, 0.15) is 119 Å². The molecule has 1 atom stereocenters. The first-order valence-electron chi connectivity index (χ1n) is 15.3. The second kappa shape index (κ2) is 7.52. The quantitative estimate of drug-likeness (QED) is 0.392. The van der Waals surface area contributed by atoms with E-state index in [0.29, 0.717) is 22.9 Å². The lowest BCUT2D eigenvalue weighted by Crippen LogP contribution is -2.53. The third-order valence-electron chi connectivity index (χ3n) is 12.1. The third-order valence-corrected chi connectivity index (χ3v) is 12.1. The number of ether oxygens (including phenoxy) is 2. The molecule has 1 aromatic carbocycles. The summed E-state index contributed by atoms with van der Waals surface area (Å²) in [5.41, 5.74) is 7.81. The number of hydrogen-bond donors (Lipinski definition) is 0. The molecule has 8 saturated carbocycles. The molecular formula is C33H46O2. The minimum Gasteiger partial charge on any atom is -0.490 e. The molecule has 8 aliphatic carbocycles. The normalized spacial score (nSPS) is 46.6. The third kappa shape index (κ3) is 3.37. The number of benzene rings is 1. The van der Waals surface area contributed by atoms with Gasteiger partial charge in [-0.05, 0) is 159 Å². The molecule has 190 valence electrons. The van der Waals surface area contributed by atoms with E-state index in [1.165, 1.54) is 82.8 Å². The molecule has 1 aromatic rings. The Bertz CT molecular complexity index is 959. The average Bonchev–Trinajstić information content (AvgIpc) is 3.59. The van der Waals surface area contributed by atoms with Crippen LogP contribution >= 0.6 is 0 Å². The molecule has 0 amide bonds. The molecule has 1 heterocycles. The molecule has 1 unspecified atom stereocenters. The lowest BCUT2D eigenvalue weighted by atomic mass is 9.43. The second-order valence-electron chi connectivity index (χ2n) is 15.2. The first-order valence-corrected chi connectivity index (χ1v) is 15.3. The fraction of sp³-hybridized carbons (Fsp3) is 0.818. The van der Waals surface area contributed by atoms with Crippen molar-refractivity contribution < 1.29 is 9.47 Å². The number of aryl methyl sites for hydroxylation is 1. The van der Waals surface area contributed by atoms with Crippen LogP contribution in [0.2, 0.25) is 0 Å². The van der Waals surface area contributed by atoms with Crippen molar-refractivity contribution in [2.24, 2.45) is 35.5 Å². The summed E-state index contributed by atoms with van der Waals surface area (Å²) in [4.78, 5) is 0. The van der Waals surface area contributed by atoms with Gasteiger partial charge in [0.05, 0.1) is 6.61 Å². The van der Waals surface area contributed by atoms with E-state index in [9.17, 15) is 0 Å². The zero-order valence-corrected chi connectivity index (χ0v) is 22.4. The minimum atomic E-state index is 0.321. The Morgan fingerprint density at radius 3 is 1.60 bits per heavy atom. The highest BCUT2D eigenvalue weighted by atomic mass is 16.6. The zero-order valence-electron chi connectivity index (χ0n) is 22.4. The van der Waals surface area contributed by atoms with E-state index in [4.69, 9.17) is 9.47 Å². The molecule has 35 heavy (non-hydrogen) atoms. The van der Waals surface area contributed by atoms with Gasteiger partial charge in [-0.2, -0.15) is 0 Å². The predicted molar refractivity (Wildman–Crippen MR) is 140 cm³/mol. The summed E-state index contributed by atoms with van der Waals surface area (Å²) in [5, 5.41) is 0. The van der Waals surface area contributed by atoms with Crippen LogP contribution in [-0.4, -0.2) is 19.3 Å².